The number of carbonyl (C=O) groups excluding carboxylic acids is 1. The summed E-state index contributed by atoms with van der Waals surface area (Å²) >= 11 is 5.14. The Morgan fingerprint density at radius 1 is 1.33 bits per heavy atom. The fourth-order valence-electron chi connectivity index (χ4n) is 1.16. The van der Waals surface area contributed by atoms with Crippen molar-refractivity contribution in [2.75, 3.05) is 0 Å². The molecule has 1 rings (SSSR count). The van der Waals surface area contributed by atoms with Crippen LogP contribution in [0.4, 0.5) is 8.78 Å². The summed E-state index contributed by atoms with van der Waals surface area (Å²) in [5.41, 5.74) is 0.649. The van der Waals surface area contributed by atoms with Crippen molar-refractivity contribution < 1.29 is 13.6 Å². The number of halogens is 3. The molecule has 0 atom stereocenters. The van der Waals surface area contributed by atoms with Crippen molar-refractivity contribution in [3.63, 3.8) is 0 Å². The molecule has 1 aromatic carbocycles. The summed E-state index contributed by atoms with van der Waals surface area (Å²) in [6, 6.07) is 3.22. The van der Waals surface area contributed by atoms with Gasteiger partial charge in [0.05, 0.1) is 0 Å². The van der Waals surface area contributed by atoms with Crippen LogP contribution in [0, 0.1) is 11.6 Å². The van der Waals surface area contributed by atoms with Gasteiger partial charge in [0.1, 0.15) is 11.6 Å². The molecule has 15 heavy (non-hydrogen) atoms. The van der Waals surface area contributed by atoms with Crippen LogP contribution in [-0.4, -0.2) is 5.24 Å². The monoisotopic (exact) mass is 230 g/mol. The molecule has 0 unspecified atom stereocenters. The summed E-state index contributed by atoms with van der Waals surface area (Å²) in [5, 5.41) is -0.501. The Morgan fingerprint density at radius 3 is 2.53 bits per heavy atom. The number of hydrogen-bond donors (Lipinski definition) is 0. The van der Waals surface area contributed by atoms with Crippen molar-refractivity contribution >= 4 is 22.4 Å². The lowest BCUT2D eigenvalue weighted by atomic mass is 10.0. The van der Waals surface area contributed by atoms with Crippen LogP contribution < -0.4 is 0 Å². The van der Waals surface area contributed by atoms with Gasteiger partial charge in [-0.05, 0) is 35.7 Å². The smallest absolute Gasteiger partial charge is 0.221 e. The molecule has 1 nitrogen and oxygen atoms in total. The Hall–Kier alpha value is -1.22. The highest BCUT2D eigenvalue weighted by atomic mass is 35.5. The Labute approximate surface area is 91.4 Å². The molecule has 0 N–H and O–H groups in total. The van der Waals surface area contributed by atoms with Gasteiger partial charge in [0.15, 0.2) is 0 Å². The molecule has 0 saturated heterocycles. The maximum atomic E-state index is 13.2. The van der Waals surface area contributed by atoms with E-state index < -0.39 is 16.9 Å². The second-order valence-corrected chi connectivity index (χ2v) is 3.50. The van der Waals surface area contributed by atoms with Crippen LogP contribution in [0.3, 0.4) is 0 Å². The van der Waals surface area contributed by atoms with E-state index >= 15 is 0 Å². The van der Waals surface area contributed by atoms with Crippen LogP contribution in [0.1, 0.15) is 18.4 Å². The first-order chi connectivity index (χ1) is 7.00. The number of rotatable bonds is 4. The number of hydrogen-bond acceptors (Lipinski definition) is 1. The lowest BCUT2D eigenvalue weighted by Crippen LogP contribution is -1.93. The first-order valence-corrected chi connectivity index (χ1v) is 4.70. The normalized spacial score (nSPS) is 10.1. The van der Waals surface area contributed by atoms with E-state index in [0.717, 1.165) is 12.1 Å². The minimum atomic E-state index is -0.679. The summed E-state index contributed by atoms with van der Waals surface area (Å²) in [7, 11) is 0. The minimum Gasteiger partial charge on any atom is -0.281 e. The van der Waals surface area contributed by atoms with Gasteiger partial charge in [-0.2, -0.15) is 0 Å². The van der Waals surface area contributed by atoms with E-state index in [0.29, 0.717) is 5.57 Å². The standard InChI is InChI=1S/C11H9ClF2O/c1-7(2-5-11(12)15)9-4-3-8(13)6-10(9)14/h3-4,6H,1-2,5H2. The zero-order valence-corrected chi connectivity index (χ0v) is 8.65. The topological polar surface area (TPSA) is 17.1 Å². The molecule has 0 aliphatic carbocycles. The van der Waals surface area contributed by atoms with E-state index in [1.165, 1.54) is 6.07 Å². The van der Waals surface area contributed by atoms with E-state index in [9.17, 15) is 13.6 Å². The highest BCUT2D eigenvalue weighted by Gasteiger charge is 2.08. The zero-order chi connectivity index (χ0) is 11.4. The summed E-state index contributed by atoms with van der Waals surface area (Å²) in [6.45, 7) is 3.61. The van der Waals surface area contributed by atoms with Crippen LogP contribution in [0.25, 0.3) is 5.57 Å². The summed E-state index contributed by atoms with van der Waals surface area (Å²) in [6.07, 6.45) is 0.363. The fourth-order valence-corrected chi connectivity index (χ4v) is 1.25. The van der Waals surface area contributed by atoms with Gasteiger partial charge in [-0.15, -0.1) is 0 Å². The quantitative estimate of drug-likeness (QED) is 0.724. The van der Waals surface area contributed by atoms with Crippen LogP contribution in [0.2, 0.25) is 0 Å². The summed E-state index contributed by atoms with van der Waals surface area (Å²) in [4.78, 5) is 10.5. The Morgan fingerprint density at radius 2 is 2.00 bits per heavy atom. The maximum Gasteiger partial charge on any atom is 0.221 e. The average Bonchev–Trinajstić information content (AvgIpc) is 2.14. The third-order valence-corrected chi connectivity index (χ3v) is 2.12. The van der Waals surface area contributed by atoms with Crippen molar-refractivity contribution in [3.05, 3.63) is 42.0 Å². The third-order valence-electron chi connectivity index (χ3n) is 1.94. The van der Waals surface area contributed by atoms with Gasteiger partial charge in [0, 0.05) is 18.1 Å². The van der Waals surface area contributed by atoms with Crippen LogP contribution in [0.5, 0.6) is 0 Å². The van der Waals surface area contributed by atoms with Crippen LogP contribution in [0.15, 0.2) is 24.8 Å². The van der Waals surface area contributed by atoms with E-state index in [1.54, 1.807) is 0 Å². The molecule has 0 heterocycles. The molecule has 80 valence electrons. The predicted molar refractivity (Wildman–Crippen MR) is 55.5 cm³/mol. The van der Waals surface area contributed by atoms with Crippen LogP contribution in [-0.2, 0) is 4.79 Å². The first kappa shape index (κ1) is 11.9. The Balaban J connectivity index is 2.78. The Bertz CT molecular complexity index is 402. The van der Waals surface area contributed by atoms with Crippen LogP contribution >= 0.6 is 11.6 Å². The Kier molecular flexibility index (Phi) is 3.97. The van der Waals surface area contributed by atoms with E-state index in [-0.39, 0.29) is 18.4 Å². The summed E-state index contributed by atoms with van der Waals surface area (Å²) in [5.74, 6) is -1.32. The highest BCUT2D eigenvalue weighted by molar-refractivity contribution is 6.63. The molecule has 0 aromatic heterocycles. The average molecular weight is 231 g/mol. The third kappa shape index (κ3) is 3.44. The van der Waals surface area contributed by atoms with Crippen molar-refractivity contribution in [3.8, 4) is 0 Å². The number of benzene rings is 1. The van der Waals surface area contributed by atoms with Gasteiger partial charge >= 0.3 is 0 Å². The SMILES string of the molecule is C=C(CCC(=O)Cl)c1ccc(F)cc1F. The van der Waals surface area contributed by atoms with E-state index in [4.69, 9.17) is 11.6 Å². The lowest BCUT2D eigenvalue weighted by molar-refractivity contribution is -0.111. The molecule has 0 bridgehead atoms. The van der Waals surface area contributed by atoms with Gasteiger partial charge < -0.3 is 0 Å². The molecule has 0 spiro atoms. The predicted octanol–water partition coefficient (Wildman–Crippen LogP) is 3.52. The largest absolute Gasteiger partial charge is 0.281 e. The van der Waals surface area contributed by atoms with Gasteiger partial charge in [-0.1, -0.05) is 6.58 Å². The molecule has 0 radical (unpaired) electrons. The first-order valence-electron chi connectivity index (χ1n) is 4.32. The second-order valence-electron chi connectivity index (χ2n) is 3.08. The van der Waals surface area contributed by atoms with Gasteiger partial charge in [0.2, 0.25) is 5.24 Å². The molecule has 0 aliphatic heterocycles. The molecule has 0 fully saturated rings. The van der Waals surface area contributed by atoms with Crippen molar-refractivity contribution in [1.82, 2.24) is 0 Å². The molecular formula is C11H9ClF2O. The second kappa shape index (κ2) is 5.03. The molecule has 0 aliphatic rings. The lowest BCUT2D eigenvalue weighted by Gasteiger charge is -2.05. The van der Waals surface area contributed by atoms with Gasteiger partial charge in [-0.25, -0.2) is 8.78 Å². The minimum absolute atomic E-state index is 0.0944. The van der Waals surface area contributed by atoms with E-state index in [2.05, 4.69) is 6.58 Å². The number of carbonyl (C=O) groups is 1. The van der Waals surface area contributed by atoms with Crippen molar-refractivity contribution in [2.24, 2.45) is 0 Å². The molecular weight excluding hydrogens is 222 g/mol. The summed E-state index contributed by atoms with van der Waals surface area (Å²) < 4.78 is 25.8. The van der Waals surface area contributed by atoms with Crippen molar-refractivity contribution in [1.29, 1.82) is 0 Å². The van der Waals surface area contributed by atoms with Gasteiger partial charge in [-0.3, -0.25) is 4.79 Å². The van der Waals surface area contributed by atoms with Gasteiger partial charge in [0.25, 0.3) is 0 Å². The molecule has 1 aromatic rings. The zero-order valence-electron chi connectivity index (χ0n) is 7.90. The fraction of sp³-hybridized carbons (Fsp3) is 0.182. The molecule has 4 heteroatoms. The molecule has 0 amide bonds. The molecule has 0 saturated carbocycles. The maximum absolute atomic E-state index is 13.2. The van der Waals surface area contributed by atoms with Crippen molar-refractivity contribution in [2.45, 2.75) is 12.8 Å². The van der Waals surface area contributed by atoms with E-state index in [1.807, 2.05) is 0 Å². The highest BCUT2D eigenvalue weighted by Crippen LogP contribution is 2.22. The number of allylic oxidation sites excluding steroid dienone is 1.